The summed E-state index contributed by atoms with van der Waals surface area (Å²) in [7, 11) is 2.70. The maximum Gasteiger partial charge on any atom is 0.407 e. The number of nitrogens with two attached hydrogens (primary N) is 2. The van der Waals surface area contributed by atoms with E-state index in [2.05, 4.69) is 4.90 Å². The quantitative estimate of drug-likeness (QED) is 0.148. The minimum absolute atomic E-state index is 0.109. The SMILES string of the molecule is CC(C)[C@@H](C(=O)N1CCC[C@@]1(C(N)=O)c1ccc([C@@H]2CC[C@@H](c3ccc([C@]4(C(N)=O)CCCN4C(=O)[C@H](C(C)C)N(C)C(=O)O)cc3)N2c2ccc(O)cc2)cc1)N(C)C(=O)O. The van der Waals surface area contributed by atoms with Gasteiger partial charge in [-0.2, -0.15) is 0 Å². The Labute approximate surface area is 362 Å². The Morgan fingerprint density at radius 2 is 0.968 bits per heavy atom. The number of benzene rings is 3. The van der Waals surface area contributed by atoms with Gasteiger partial charge in [0, 0.05) is 32.9 Å². The largest absolute Gasteiger partial charge is 0.508 e. The Morgan fingerprint density at radius 1 is 0.613 bits per heavy atom. The summed E-state index contributed by atoms with van der Waals surface area (Å²) in [6.07, 6.45) is 0.523. The second kappa shape index (κ2) is 17.6. The number of carboxylic acid groups (broad SMARTS) is 2. The van der Waals surface area contributed by atoms with E-state index in [-0.39, 0.29) is 55.6 Å². The van der Waals surface area contributed by atoms with Gasteiger partial charge in [-0.25, -0.2) is 9.59 Å². The number of amides is 6. The van der Waals surface area contributed by atoms with E-state index in [4.69, 9.17) is 11.5 Å². The third kappa shape index (κ3) is 7.75. The van der Waals surface area contributed by atoms with Crippen molar-refractivity contribution in [1.29, 1.82) is 0 Å². The number of likely N-dealkylation sites (N-methyl/N-ethyl adjacent to an activating group) is 2. The molecular formula is C46H59N7O9. The molecule has 3 saturated heterocycles. The average molecular weight is 854 g/mol. The molecule has 0 unspecified atom stereocenters. The molecule has 3 heterocycles. The van der Waals surface area contributed by atoms with Crippen molar-refractivity contribution in [2.75, 3.05) is 32.1 Å². The molecule has 0 saturated carbocycles. The summed E-state index contributed by atoms with van der Waals surface area (Å²) in [5.74, 6) is -2.96. The molecule has 62 heavy (non-hydrogen) atoms. The molecule has 3 aliphatic heterocycles. The molecule has 0 bridgehead atoms. The number of phenols is 1. The molecule has 3 aromatic carbocycles. The van der Waals surface area contributed by atoms with Crippen LogP contribution in [0.4, 0.5) is 15.3 Å². The Bertz CT molecular complexity index is 2050. The molecule has 16 nitrogen and oxygen atoms in total. The van der Waals surface area contributed by atoms with Gasteiger partial charge in [0.05, 0.1) is 12.1 Å². The van der Waals surface area contributed by atoms with Crippen molar-refractivity contribution in [3.8, 4) is 5.75 Å². The first-order valence-corrected chi connectivity index (χ1v) is 21.2. The van der Waals surface area contributed by atoms with E-state index in [0.717, 1.165) is 39.5 Å². The van der Waals surface area contributed by atoms with Gasteiger partial charge in [-0.3, -0.25) is 29.0 Å². The standard InChI is InChI=1S/C46H59N7O9/c1-27(2)37(49(5)43(59)60)39(55)51-25-7-23-45(51,41(47)57)31-13-9-29(10-14-31)35-21-22-36(53(35)33-17-19-34(54)20-18-33)30-11-15-32(16-12-30)46(42(48)58)24-8-26-52(46)40(56)38(28(3)4)50(6)44(61)62/h9-20,27-28,35-38,54H,7-8,21-26H2,1-6H3,(H2,47,57)(H2,48,58)(H,59,60)(H,61,62)/t35-,36-,37-,38-,45-,46-/m0/s1. The smallest absolute Gasteiger partial charge is 0.407 e. The molecular weight excluding hydrogens is 795 g/mol. The zero-order valence-corrected chi connectivity index (χ0v) is 36.2. The Hall–Kier alpha value is -6.32. The Balaban J connectivity index is 1.33. The van der Waals surface area contributed by atoms with E-state index in [1.54, 1.807) is 39.8 Å². The highest BCUT2D eigenvalue weighted by atomic mass is 16.4. The number of primary amides is 2. The second-order valence-electron chi connectivity index (χ2n) is 17.6. The lowest BCUT2D eigenvalue weighted by Crippen LogP contribution is -2.59. The molecule has 6 amide bonds. The van der Waals surface area contributed by atoms with Crippen molar-refractivity contribution in [2.45, 2.75) is 101 Å². The number of hydrogen-bond donors (Lipinski definition) is 5. The van der Waals surface area contributed by atoms with E-state index in [9.17, 15) is 44.1 Å². The first kappa shape index (κ1) is 45.2. The maximum atomic E-state index is 14.1. The van der Waals surface area contributed by atoms with E-state index >= 15 is 0 Å². The zero-order chi connectivity index (χ0) is 45.4. The summed E-state index contributed by atoms with van der Waals surface area (Å²) in [5.41, 5.74) is 13.1. The van der Waals surface area contributed by atoms with Crippen LogP contribution in [0.25, 0.3) is 0 Å². The molecule has 6 atom stereocenters. The van der Waals surface area contributed by atoms with Crippen molar-refractivity contribution < 1.29 is 44.1 Å². The predicted molar refractivity (Wildman–Crippen MR) is 231 cm³/mol. The van der Waals surface area contributed by atoms with Gasteiger partial charge in [-0.1, -0.05) is 76.2 Å². The second-order valence-corrected chi connectivity index (χ2v) is 17.6. The average Bonchev–Trinajstić information content (AvgIpc) is 4.00. The van der Waals surface area contributed by atoms with Crippen LogP contribution in [0, 0.1) is 11.8 Å². The lowest BCUT2D eigenvalue weighted by Gasteiger charge is -2.41. The minimum atomic E-state index is -1.47. The summed E-state index contributed by atoms with van der Waals surface area (Å²) < 4.78 is 0. The van der Waals surface area contributed by atoms with Gasteiger partial charge in [0.1, 0.15) is 28.9 Å². The van der Waals surface area contributed by atoms with Gasteiger partial charge >= 0.3 is 12.2 Å². The van der Waals surface area contributed by atoms with Crippen LogP contribution in [0.15, 0.2) is 72.8 Å². The van der Waals surface area contributed by atoms with Crippen molar-refractivity contribution in [3.63, 3.8) is 0 Å². The molecule has 332 valence electrons. The number of likely N-dealkylation sites (tertiary alicyclic amines) is 2. The minimum Gasteiger partial charge on any atom is -0.508 e. The van der Waals surface area contributed by atoms with Gasteiger partial charge < -0.3 is 41.5 Å². The van der Waals surface area contributed by atoms with Gasteiger partial charge in [0.15, 0.2) is 0 Å². The molecule has 6 rings (SSSR count). The normalized spacial score (nSPS) is 23.4. The number of aromatic hydroxyl groups is 1. The van der Waals surface area contributed by atoms with E-state index in [1.165, 1.54) is 23.9 Å². The lowest BCUT2D eigenvalue weighted by atomic mass is 9.84. The van der Waals surface area contributed by atoms with Gasteiger partial charge in [0.2, 0.25) is 23.6 Å². The number of phenolic OH excluding ortho intramolecular Hbond substituents is 1. The molecule has 3 aliphatic rings. The van der Waals surface area contributed by atoms with Gasteiger partial charge in [-0.15, -0.1) is 0 Å². The van der Waals surface area contributed by atoms with Crippen molar-refractivity contribution in [3.05, 3.63) is 95.1 Å². The predicted octanol–water partition coefficient (Wildman–Crippen LogP) is 5.35. The number of rotatable bonds is 13. The summed E-state index contributed by atoms with van der Waals surface area (Å²) in [6.45, 7) is 7.54. The van der Waals surface area contributed by atoms with E-state index < -0.39 is 59.0 Å². The molecule has 3 aromatic rings. The number of carbonyl (C=O) groups excluding carboxylic acids is 4. The molecule has 0 aromatic heterocycles. The number of nitrogens with zero attached hydrogens (tertiary/aromatic N) is 5. The third-order valence-corrected chi connectivity index (χ3v) is 13.4. The highest BCUT2D eigenvalue weighted by molar-refractivity contribution is 5.96. The first-order valence-electron chi connectivity index (χ1n) is 21.2. The molecule has 16 heteroatoms. The van der Waals surface area contributed by atoms with Crippen LogP contribution < -0.4 is 16.4 Å². The summed E-state index contributed by atoms with van der Waals surface area (Å²) >= 11 is 0. The molecule has 0 radical (unpaired) electrons. The van der Waals surface area contributed by atoms with Crippen LogP contribution >= 0.6 is 0 Å². The number of anilines is 1. The van der Waals surface area contributed by atoms with Crippen LogP contribution in [0.1, 0.15) is 101 Å². The van der Waals surface area contributed by atoms with E-state index in [1.807, 2.05) is 60.7 Å². The maximum absolute atomic E-state index is 14.1. The summed E-state index contributed by atoms with van der Waals surface area (Å²) in [6, 6.07) is 19.6. The third-order valence-electron chi connectivity index (χ3n) is 13.4. The fraction of sp³-hybridized carbons (Fsp3) is 0.478. The summed E-state index contributed by atoms with van der Waals surface area (Å²) in [5, 5.41) is 29.8. The fourth-order valence-corrected chi connectivity index (χ4v) is 10.4. The monoisotopic (exact) mass is 853 g/mol. The summed E-state index contributed by atoms with van der Waals surface area (Å²) in [4.78, 5) is 86.2. The van der Waals surface area contributed by atoms with Crippen molar-refractivity contribution >= 4 is 41.5 Å². The van der Waals surface area contributed by atoms with Gasteiger partial charge in [-0.05, 0) is 96.9 Å². The molecule has 0 spiro atoms. The number of carbonyl (C=O) groups is 6. The molecule has 7 N–H and O–H groups in total. The number of hydrogen-bond acceptors (Lipinski definition) is 8. The topological polar surface area (TPSA) is 231 Å². The van der Waals surface area contributed by atoms with E-state index in [0.29, 0.717) is 24.0 Å². The Morgan fingerprint density at radius 3 is 1.27 bits per heavy atom. The highest BCUT2D eigenvalue weighted by Crippen LogP contribution is 2.49. The Kier molecular flexibility index (Phi) is 12.8. The van der Waals surface area contributed by atoms with Crippen LogP contribution in [0.5, 0.6) is 5.75 Å². The first-order chi connectivity index (χ1) is 29.3. The van der Waals surface area contributed by atoms with Crippen LogP contribution in [-0.2, 0) is 30.3 Å². The fourth-order valence-electron chi connectivity index (χ4n) is 10.4. The molecule has 3 fully saturated rings. The van der Waals surface area contributed by atoms with Crippen LogP contribution in [0.3, 0.4) is 0 Å². The van der Waals surface area contributed by atoms with Crippen LogP contribution in [-0.4, -0.2) is 110 Å². The highest BCUT2D eigenvalue weighted by Gasteiger charge is 2.54. The van der Waals surface area contributed by atoms with Crippen molar-refractivity contribution in [2.24, 2.45) is 23.3 Å². The zero-order valence-electron chi connectivity index (χ0n) is 36.2. The van der Waals surface area contributed by atoms with Gasteiger partial charge in [0.25, 0.3) is 0 Å². The van der Waals surface area contributed by atoms with Crippen molar-refractivity contribution in [1.82, 2.24) is 19.6 Å². The van der Waals surface area contributed by atoms with Crippen LogP contribution in [0.2, 0.25) is 0 Å². The lowest BCUT2D eigenvalue weighted by molar-refractivity contribution is -0.148. The molecule has 0 aliphatic carbocycles.